The molecule has 1 saturated carbocycles. The number of carbonyl (C=O) groups is 2. The van der Waals surface area contributed by atoms with Crippen LogP contribution in [-0.4, -0.2) is 40.6 Å². The zero-order valence-corrected chi connectivity index (χ0v) is 12.0. The zero-order valence-electron chi connectivity index (χ0n) is 12.0. The van der Waals surface area contributed by atoms with Crippen LogP contribution in [0.4, 0.5) is 0 Å². The summed E-state index contributed by atoms with van der Waals surface area (Å²) in [5.41, 5.74) is 0.872. The molecular weight excluding hydrogens is 270 g/mol. The van der Waals surface area contributed by atoms with Crippen LogP contribution in [0, 0.1) is 0 Å². The summed E-state index contributed by atoms with van der Waals surface area (Å²) in [7, 11) is 0. The van der Waals surface area contributed by atoms with Gasteiger partial charge in [0.2, 0.25) is 5.91 Å². The van der Waals surface area contributed by atoms with Crippen molar-refractivity contribution >= 4 is 11.9 Å². The third-order valence-electron chi connectivity index (χ3n) is 4.23. The fraction of sp³-hybridized carbons (Fsp3) is 0.500. The minimum absolute atomic E-state index is 0.0804. The third-order valence-corrected chi connectivity index (χ3v) is 4.23. The van der Waals surface area contributed by atoms with E-state index in [0.717, 1.165) is 24.2 Å². The smallest absolute Gasteiger partial charge is 0.326 e. The van der Waals surface area contributed by atoms with E-state index in [1.165, 1.54) is 0 Å². The van der Waals surface area contributed by atoms with E-state index in [2.05, 4.69) is 0 Å². The topological polar surface area (TPSA) is 66.8 Å². The van der Waals surface area contributed by atoms with Crippen LogP contribution in [0.3, 0.4) is 0 Å². The molecule has 0 bridgehead atoms. The molecular formula is C16H19NO4. The van der Waals surface area contributed by atoms with Gasteiger partial charge in [-0.3, -0.25) is 4.79 Å². The van der Waals surface area contributed by atoms with Gasteiger partial charge in [0.25, 0.3) is 0 Å². The standard InChI is InChI=1S/C16H19NO4/c1-10(16(19)20)17(11-6-7-11)15(18)13-8-9-21-14-5-3-2-4-12(13)14/h2-5,10-11,13H,6-9H2,1H3,(H,19,20). The minimum Gasteiger partial charge on any atom is -0.493 e. The van der Waals surface area contributed by atoms with Gasteiger partial charge >= 0.3 is 5.97 Å². The molecule has 1 aromatic rings. The number of aliphatic carboxylic acids is 1. The first kappa shape index (κ1) is 13.9. The summed E-state index contributed by atoms with van der Waals surface area (Å²) in [6.45, 7) is 2.08. The molecule has 1 aliphatic carbocycles. The van der Waals surface area contributed by atoms with Crippen molar-refractivity contribution in [1.82, 2.24) is 4.90 Å². The molecule has 2 atom stereocenters. The number of benzene rings is 1. The Morgan fingerprint density at radius 2 is 2.00 bits per heavy atom. The molecule has 1 heterocycles. The second-order valence-electron chi connectivity index (χ2n) is 5.72. The van der Waals surface area contributed by atoms with Gasteiger partial charge in [0.1, 0.15) is 11.8 Å². The van der Waals surface area contributed by atoms with Gasteiger partial charge in [-0.25, -0.2) is 4.79 Å². The van der Waals surface area contributed by atoms with Crippen molar-refractivity contribution in [3.63, 3.8) is 0 Å². The molecule has 1 aromatic carbocycles. The first-order chi connectivity index (χ1) is 10.1. The fourth-order valence-corrected chi connectivity index (χ4v) is 2.94. The first-order valence-corrected chi connectivity index (χ1v) is 7.36. The highest BCUT2D eigenvalue weighted by Crippen LogP contribution is 2.38. The lowest BCUT2D eigenvalue weighted by molar-refractivity contribution is -0.151. The number of ether oxygens (including phenoxy) is 1. The molecule has 0 spiro atoms. The Labute approximate surface area is 123 Å². The lowest BCUT2D eigenvalue weighted by Gasteiger charge is -2.33. The molecule has 5 heteroatoms. The lowest BCUT2D eigenvalue weighted by Crippen LogP contribution is -2.47. The Bertz CT molecular complexity index is 567. The molecule has 5 nitrogen and oxygen atoms in total. The Morgan fingerprint density at radius 3 is 2.67 bits per heavy atom. The van der Waals surface area contributed by atoms with E-state index in [9.17, 15) is 14.7 Å². The quantitative estimate of drug-likeness (QED) is 0.921. The highest BCUT2D eigenvalue weighted by Gasteiger charge is 2.42. The van der Waals surface area contributed by atoms with Gasteiger partial charge in [0.15, 0.2) is 0 Å². The molecule has 0 saturated heterocycles. The Kier molecular flexibility index (Phi) is 3.57. The van der Waals surface area contributed by atoms with Gasteiger partial charge in [-0.05, 0) is 32.3 Å². The van der Waals surface area contributed by atoms with Crippen LogP contribution in [0.5, 0.6) is 5.75 Å². The number of hydrogen-bond donors (Lipinski definition) is 1. The van der Waals surface area contributed by atoms with E-state index in [1.807, 2.05) is 24.3 Å². The molecule has 112 valence electrons. The van der Waals surface area contributed by atoms with Gasteiger partial charge in [0, 0.05) is 11.6 Å². The third kappa shape index (κ3) is 2.60. The second kappa shape index (κ2) is 5.39. The van der Waals surface area contributed by atoms with Gasteiger partial charge < -0.3 is 14.7 Å². The van der Waals surface area contributed by atoms with Gasteiger partial charge in [-0.15, -0.1) is 0 Å². The molecule has 0 aromatic heterocycles. The molecule has 1 aliphatic heterocycles. The van der Waals surface area contributed by atoms with Crippen LogP contribution in [0.2, 0.25) is 0 Å². The van der Waals surface area contributed by atoms with Gasteiger partial charge in [-0.2, -0.15) is 0 Å². The molecule has 1 N–H and O–H groups in total. The van der Waals surface area contributed by atoms with Crippen LogP contribution in [0.15, 0.2) is 24.3 Å². The first-order valence-electron chi connectivity index (χ1n) is 7.36. The van der Waals surface area contributed by atoms with Crippen molar-refractivity contribution in [2.75, 3.05) is 6.61 Å². The molecule has 2 aliphatic rings. The van der Waals surface area contributed by atoms with Crippen LogP contribution < -0.4 is 4.74 Å². The summed E-state index contributed by atoms with van der Waals surface area (Å²) < 4.78 is 5.58. The molecule has 1 amide bonds. The van der Waals surface area contributed by atoms with Crippen molar-refractivity contribution in [2.24, 2.45) is 0 Å². The average molecular weight is 289 g/mol. The predicted molar refractivity (Wildman–Crippen MR) is 76.3 cm³/mol. The maximum atomic E-state index is 12.9. The maximum absolute atomic E-state index is 12.9. The van der Waals surface area contributed by atoms with E-state index in [-0.39, 0.29) is 17.9 Å². The number of amides is 1. The summed E-state index contributed by atoms with van der Waals surface area (Å²) in [6, 6.07) is 6.82. The molecule has 2 unspecified atom stereocenters. The van der Waals surface area contributed by atoms with E-state index in [1.54, 1.807) is 11.8 Å². The van der Waals surface area contributed by atoms with Gasteiger partial charge in [-0.1, -0.05) is 18.2 Å². The largest absolute Gasteiger partial charge is 0.493 e. The Morgan fingerprint density at radius 1 is 1.29 bits per heavy atom. The van der Waals surface area contributed by atoms with Crippen LogP contribution in [0.25, 0.3) is 0 Å². The number of rotatable bonds is 4. The van der Waals surface area contributed by atoms with Crippen molar-refractivity contribution < 1.29 is 19.4 Å². The highest BCUT2D eigenvalue weighted by atomic mass is 16.5. The van der Waals surface area contributed by atoms with Gasteiger partial charge in [0.05, 0.1) is 12.5 Å². The predicted octanol–water partition coefficient (Wildman–Crippen LogP) is 2.02. The Balaban J connectivity index is 1.89. The van der Waals surface area contributed by atoms with Crippen molar-refractivity contribution in [3.8, 4) is 5.75 Å². The van der Waals surface area contributed by atoms with Crippen LogP contribution >= 0.6 is 0 Å². The fourth-order valence-electron chi connectivity index (χ4n) is 2.94. The van der Waals surface area contributed by atoms with E-state index >= 15 is 0 Å². The zero-order chi connectivity index (χ0) is 15.0. The summed E-state index contributed by atoms with van der Waals surface area (Å²) in [4.78, 5) is 25.7. The van der Waals surface area contributed by atoms with Crippen LogP contribution in [-0.2, 0) is 9.59 Å². The van der Waals surface area contributed by atoms with E-state index in [0.29, 0.717) is 13.0 Å². The normalized spacial score (nSPS) is 21.9. The number of hydrogen-bond acceptors (Lipinski definition) is 3. The number of carbonyl (C=O) groups excluding carboxylic acids is 1. The molecule has 3 rings (SSSR count). The maximum Gasteiger partial charge on any atom is 0.326 e. The van der Waals surface area contributed by atoms with Crippen molar-refractivity contribution in [2.45, 2.75) is 44.2 Å². The average Bonchev–Trinajstić information content (AvgIpc) is 3.31. The number of nitrogens with zero attached hydrogens (tertiary/aromatic N) is 1. The minimum atomic E-state index is -0.949. The summed E-state index contributed by atoms with van der Waals surface area (Å²) >= 11 is 0. The molecule has 0 radical (unpaired) electrons. The van der Waals surface area contributed by atoms with Crippen molar-refractivity contribution in [1.29, 1.82) is 0 Å². The second-order valence-corrected chi connectivity index (χ2v) is 5.72. The molecule has 21 heavy (non-hydrogen) atoms. The molecule has 1 fully saturated rings. The SMILES string of the molecule is CC(C(=O)O)N(C(=O)C1CCOc2ccccc21)C1CC1. The number of fused-ring (bicyclic) bond motifs is 1. The van der Waals surface area contributed by atoms with Crippen molar-refractivity contribution in [3.05, 3.63) is 29.8 Å². The summed E-state index contributed by atoms with van der Waals surface area (Å²) in [6.07, 6.45) is 2.40. The summed E-state index contributed by atoms with van der Waals surface area (Å²) in [5, 5.41) is 9.25. The lowest BCUT2D eigenvalue weighted by atomic mass is 9.91. The monoisotopic (exact) mass is 289 g/mol. The number of carboxylic acid groups (broad SMARTS) is 1. The number of para-hydroxylation sites is 1. The van der Waals surface area contributed by atoms with E-state index < -0.39 is 12.0 Å². The highest BCUT2D eigenvalue weighted by molar-refractivity contribution is 5.89. The number of carboxylic acids is 1. The van der Waals surface area contributed by atoms with E-state index in [4.69, 9.17) is 4.74 Å². The van der Waals surface area contributed by atoms with Crippen LogP contribution in [0.1, 0.15) is 37.7 Å². The Hall–Kier alpha value is -2.04. The summed E-state index contributed by atoms with van der Waals surface area (Å²) in [5.74, 6) is -0.586.